The smallest absolute Gasteiger partial charge is 0.327 e. The molecule has 0 aliphatic rings. The molecular weight excluding hydrogens is 344 g/mol. The minimum Gasteiger partial charge on any atom is -0.465 e. The Morgan fingerprint density at radius 2 is 1.85 bits per heavy atom. The molecular formula is C14H19BrO4S. The molecule has 0 heterocycles. The van der Waals surface area contributed by atoms with E-state index in [1.54, 1.807) is 6.92 Å². The minimum absolute atomic E-state index is 0.169. The third kappa shape index (κ3) is 4.06. The number of hydrogen-bond donors (Lipinski definition) is 0. The summed E-state index contributed by atoms with van der Waals surface area (Å²) < 4.78 is 28.2. The second-order valence-electron chi connectivity index (χ2n) is 4.85. The highest BCUT2D eigenvalue weighted by Gasteiger charge is 2.44. The van der Waals surface area contributed by atoms with Gasteiger partial charge in [-0.3, -0.25) is 4.79 Å². The van der Waals surface area contributed by atoms with Gasteiger partial charge in [0.1, 0.15) is 0 Å². The van der Waals surface area contributed by atoms with E-state index >= 15 is 0 Å². The molecule has 0 fully saturated rings. The number of halogens is 1. The maximum absolute atomic E-state index is 12.0. The summed E-state index contributed by atoms with van der Waals surface area (Å²) in [5.41, 5.74) is 0.979. The molecule has 0 unspecified atom stereocenters. The molecule has 0 bridgehead atoms. The molecule has 0 radical (unpaired) electrons. The SMILES string of the molecule is CCOC(=O)[C@](C)(CCc1ccc(Br)cc1)S(C)(=O)=O. The van der Waals surface area contributed by atoms with Gasteiger partial charge in [-0.2, -0.15) is 0 Å². The number of benzene rings is 1. The summed E-state index contributed by atoms with van der Waals surface area (Å²) in [7, 11) is -3.55. The van der Waals surface area contributed by atoms with Crippen molar-refractivity contribution in [3.8, 4) is 0 Å². The first-order valence-electron chi connectivity index (χ1n) is 6.32. The van der Waals surface area contributed by atoms with Crippen molar-refractivity contribution in [2.75, 3.05) is 12.9 Å². The lowest BCUT2D eigenvalue weighted by Gasteiger charge is -2.25. The molecule has 1 atom stereocenters. The van der Waals surface area contributed by atoms with Gasteiger partial charge in [0.05, 0.1) is 6.61 Å². The van der Waals surface area contributed by atoms with Crippen molar-refractivity contribution in [2.45, 2.75) is 31.4 Å². The van der Waals surface area contributed by atoms with Gasteiger partial charge >= 0.3 is 5.97 Å². The number of aryl methyl sites for hydroxylation is 1. The summed E-state index contributed by atoms with van der Waals surface area (Å²) in [5, 5.41) is 0. The molecule has 0 saturated carbocycles. The Kier molecular flexibility index (Phi) is 5.77. The predicted molar refractivity (Wildman–Crippen MR) is 82.3 cm³/mol. The number of rotatable bonds is 6. The van der Waals surface area contributed by atoms with Crippen LogP contribution >= 0.6 is 15.9 Å². The molecule has 1 rings (SSSR count). The van der Waals surface area contributed by atoms with E-state index in [0.717, 1.165) is 16.3 Å². The fourth-order valence-corrected chi connectivity index (χ4v) is 2.86. The first kappa shape index (κ1) is 17.2. The average molecular weight is 363 g/mol. The number of sulfone groups is 1. The summed E-state index contributed by atoms with van der Waals surface area (Å²) in [4.78, 5) is 12.0. The fraction of sp³-hybridized carbons (Fsp3) is 0.500. The minimum atomic E-state index is -3.55. The summed E-state index contributed by atoms with van der Waals surface area (Å²) in [5.74, 6) is -0.681. The van der Waals surface area contributed by atoms with Crippen molar-refractivity contribution in [3.63, 3.8) is 0 Å². The molecule has 0 amide bonds. The average Bonchev–Trinajstić information content (AvgIpc) is 2.36. The van der Waals surface area contributed by atoms with Crippen molar-refractivity contribution in [3.05, 3.63) is 34.3 Å². The molecule has 0 N–H and O–H groups in total. The lowest BCUT2D eigenvalue weighted by molar-refractivity contribution is -0.146. The maximum atomic E-state index is 12.0. The van der Waals surface area contributed by atoms with Gasteiger partial charge in [0.15, 0.2) is 14.6 Å². The quantitative estimate of drug-likeness (QED) is 0.730. The molecule has 1 aromatic rings. The molecule has 0 aromatic heterocycles. The van der Waals surface area contributed by atoms with E-state index in [1.165, 1.54) is 6.92 Å². The second kappa shape index (κ2) is 6.72. The number of carbonyl (C=O) groups is 1. The highest BCUT2D eigenvalue weighted by molar-refractivity contribution is 9.10. The molecule has 6 heteroatoms. The van der Waals surface area contributed by atoms with Crippen LogP contribution in [-0.2, 0) is 25.8 Å². The zero-order valence-electron chi connectivity index (χ0n) is 11.8. The van der Waals surface area contributed by atoms with E-state index in [4.69, 9.17) is 4.74 Å². The summed E-state index contributed by atoms with van der Waals surface area (Å²) in [6.45, 7) is 3.26. The Hall–Kier alpha value is -0.880. The first-order chi connectivity index (χ1) is 9.20. The predicted octanol–water partition coefficient (Wildman–Crippen LogP) is 2.75. The van der Waals surface area contributed by atoms with Gasteiger partial charge in [-0.1, -0.05) is 28.1 Å². The van der Waals surface area contributed by atoms with Crippen LogP contribution < -0.4 is 0 Å². The third-order valence-electron chi connectivity index (χ3n) is 3.33. The number of ether oxygens (including phenoxy) is 1. The van der Waals surface area contributed by atoms with Crippen LogP contribution in [0.4, 0.5) is 0 Å². The molecule has 0 spiro atoms. The molecule has 112 valence electrons. The van der Waals surface area contributed by atoms with E-state index in [-0.39, 0.29) is 13.0 Å². The van der Waals surface area contributed by atoms with E-state index in [0.29, 0.717) is 6.42 Å². The number of carbonyl (C=O) groups excluding carboxylic acids is 1. The zero-order chi connectivity index (χ0) is 15.4. The zero-order valence-corrected chi connectivity index (χ0v) is 14.3. The van der Waals surface area contributed by atoms with E-state index in [2.05, 4.69) is 15.9 Å². The van der Waals surface area contributed by atoms with Crippen LogP contribution in [0.3, 0.4) is 0 Å². The highest BCUT2D eigenvalue weighted by Crippen LogP contribution is 2.25. The lowest BCUT2D eigenvalue weighted by atomic mass is 10.0. The molecule has 4 nitrogen and oxygen atoms in total. The Bertz CT molecular complexity index is 565. The van der Waals surface area contributed by atoms with Gasteiger partial charge in [0.2, 0.25) is 0 Å². The van der Waals surface area contributed by atoms with Crippen LogP contribution in [-0.4, -0.2) is 32.0 Å². The fourth-order valence-electron chi connectivity index (χ4n) is 1.76. The topological polar surface area (TPSA) is 60.4 Å². The van der Waals surface area contributed by atoms with E-state index < -0.39 is 20.6 Å². The summed E-state index contributed by atoms with van der Waals surface area (Å²) in [6.07, 6.45) is 1.77. The molecule has 0 aliphatic heterocycles. The monoisotopic (exact) mass is 362 g/mol. The van der Waals surface area contributed by atoms with E-state index in [9.17, 15) is 13.2 Å². The normalized spacial score (nSPS) is 14.6. The molecule has 0 saturated heterocycles. The third-order valence-corrected chi connectivity index (χ3v) is 5.87. The number of hydrogen-bond acceptors (Lipinski definition) is 4. The first-order valence-corrected chi connectivity index (χ1v) is 9.00. The van der Waals surface area contributed by atoms with Crippen LogP contribution in [0.2, 0.25) is 0 Å². The van der Waals surface area contributed by atoms with Gasteiger partial charge in [-0.25, -0.2) is 8.42 Å². The lowest BCUT2D eigenvalue weighted by Crippen LogP contribution is -2.44. The van der Waals surface area contributed by atoms with Gasteiger partial charge in [-0.15, -0.1) is 0 Å². The second-order valence-corrected chi connectivity index (χ2v) is 8.21. The molecule has 20 heavy (non-hydrogen) atoms. The van der Waals surface area contributed by atoms with Gasteiger partial charge in [0, 0.05) is 10.7 Å². The van der Waals surface area contributed by atoms with Crippen LogP contribution in [0.5, 0.6) is 0 Å². The van der Waals surface area contributed by atoms with Gasteiger partial charge in [-0.05, 0) is 44.4 Å². The van der Waals surface area contributed by atoms with E-state index in [1.807, 2.05) is 24.3 Å². The van der Waals surface area contributed by atoms with Crippen molar-refractivity contribution >= 4 is 31.7 Å². The largest absolute Gasteiger partial charge is 0.465 e. The van der Waals surface area contributed by atoms with Crippen molar-refractivity contribution in [1.82, 2.24) is 0 Å². The molecule has 0 aliphatic carbocycles. The maximum Gasteiger partial charge on any atom is 0.327 e. The summed E-state index contributed by atoms with van der Waals surface area (Å²) in [6, 6.07) is 7.57. The number of esters is 1. The summed E-state index contributed by atoms with van der Waals surface area (Å²) >= 11 is 3.34. The Balaban J connectivity index is 2.91. The Morgan fingerprint density at radius 3 is 2.30 bits per heavy atom. The highest BCUT2D eigenvalue weighted by atomic mass is 79.9. The Labute approximate surface area is 128 Å². The van der Waals surface area contributed by atoms with Gasteiger partial charge in [0.25, 0.3) is 0 Å². The van der Waals surface area contributed by atoms with Crippen molar-refractivity contribution in [2.24, 2.45) is 0 Å². The standard InChI is InChI=1S/C14H19BrO4S/c1-4-19-13(16)14(2,20(3,17)18)10-9-11-5-7-12(15)8-6-11/h5-8H,4,9-10H2,1-3H3/t14-/m0/s1. The van der Waals surface area contributed by atoms with Gasteiger partial charge < -0.3 is 4.74 Å². The van der Waals surface area contributed by atoms with Crippen LogP contribution in [0.15, 0.2) is 28.7 Å². The Morgan fingerprint density at radius 1 is 1.30 bits per heavy atom. The van der Waals surface area contributed by atoms with Crippen LogP contribution in [0.25, 0.3) is 0 Å². The van der Waals surface area contributed by atoms with Crippen LogP contribution in [0, 0.1) is 0 Å². The molecule has 1 aromatic carbocycles. The van der Waals surface area contributed by atoms with Crippen LogP contribution in [0.1, 0.15) is 25.8 Å². The van der Waals surface area contributed by atoms with Crippen molar-refractivity contribution < 1.29 is 17.9 Å². The van der Waals surface area contributed by atoms with Crippen molar-refractivity contribution in [1.29, 1.82) is 0 Å².